The van der Waals surface area contributed by atoms with Gasteiger partial charge in [0.15, 0.2) is 0 Å². The Hall–Kier alpha value is -1.31. The maximum atomic E-state index is 9.80. The lowest BCUT2D eigenvalue weighted by molar-refractivity contribution is 0.204. The molecule has 0 heterocycles. The van der Waals surface area contributed by atoms with E-state index < -0.39 is 0 Å². The van der Waals surface area contributed by atoms with Crippen molar-refractivity contribution in [3.05, 3.63) is 70.2 Å². The highest BCUT2D eigenvalue weighted by molar-refractivity contribution is 6.30. The number of aryl methyl sites for hydroxylation is 1. The van der Waals surface area contributed by atoms with Crippen molar-refractivity contribution in [2.45, 2.75) is 25.7 Å². The number of aliphatic hydroxyl groups is 1. The predicted molar refractivity (Wildman–Crippen MR) is 80.8 cm³/mol. The van der Waals surface area contributed by atoms with Gasteiger partial charge < -0.3 is 5.11 Å². The van der Waals surface area contributed by atoms with Crippen molar-refractivity contribution in [3.8, 4) is 0 Å². The molecule has 0 radical (unpaired) electrons. The van der Waals surface area contributed by atoms with Crippen LogP contribution in [0.25, 0.3) is 0 Å². The van der Waals surface area contributed by atoms with Crippen LogP contribution >= 0.6 is 11.6 Å². The highest BCUT2D eigenvalue weighted by Crippen LogP contribution is 2.28. The summed E-state index contributed by atoms with van der Waals surface area (Å²) in [6.07, 6.45) is 0.795. The zero-order valence-electron chi connectivity index (χ0n) is 11.4. The summed E-state index contributed by atoms with van der Waals surface area (Å²) in [6.45, 7) is 4.28. The molecule has 1 unspecified atom stereocenters. The Morgan fingerprint density at radius 1 is 1.00 bits per heavy atom. The molecule has 2 aromatic carbocycles. The van der Waals surface area contributed by atoms with Crippen LogP contribution in [0.5, 0.6) is 0 Å². The summed E-state index contributed by atoms with van der Waals surface area (Å²) < 4.78 is 0. The van der Waals surface area contributed by atoms with E-state index in [1.54, 1.807) is 0 Å². The van der Waals surface area contributed by atoms with Gasteiger partial charge in [0.05, 0.1) is 6.61 Å². The van der Waals surface area contributed by atoms with Crippen LogP contribution in [0, 0.1) is 6.92 Å². The van der Waals surface area contributed by atoms with E-state index in [9.17, 15) is 5.11 Å². The average molecular weight is 275 g/mol. The first-order valence-corrected chi connectivity index (χ1v) is 6.84. The molecule has 1 nitrogen and oxygen atoms in total. The van der Waals surface area contributed by atoms with Gasteiger partial charge in [0.1, 0.15) is 0 Å². The summed E-state index contributed by atoms with van der Waals surface area (Å²) in [5.41, 5.74) is 3.31. The van der Waals surface area contributed by atoms with Gasteiger partial charge in [-0.3, -0.25) is 0 Å². The first kappa shape index (κ1) is 14.1. The zero-order valence-corrected chi connectivity index (χ0v) is 12.1. The molecule has 0 fully saturated rings. The van der Waals surface area contributed by atoms with Gasteiger partial charge in [0.25, 0.3) is 0 Å². The number of aliphatic hydroxyl groups excluding tert-OH is 1. The Balaban J connectivity index is 2.27. The van der Waals surface area contributed by atoms with Crippen molar-refractivity contribution in [1.82, 2.24) is 0 Å². The van der Waals surface area contributed by atoms with Crippen LogP contribution in [0.4, 0.5) is 0 Å². The predicted octanol–water partition coefficient (Wildman–Crippen LogP) is 4.14. The SMILES string of the molecule is Cc1ccc(C(C)(CO)Cc2ccc(Cl)cc2)cc1. The smallest absolute Gasteiger partial charge is 0.0528 e. The lowest BCUT2D eigenvalue weighted by Crippen LogP contribution is -2.29. The number of hydrogen-bond donors (Lipinski definition) is 1. The Labute approximate surface area is 119 Å². The van der Waals surface area contributed by atoms with Crippen LogP contribution < -0.4 is 0 Å². The number of hydrogen-bond acceptors (Lipinski definition) is 1. The standard InChI is InChI=1S/C17H19ClO/c1-13-3-7-15(8-4-13)17(2,12-19)11-14-5-9-16(18)10-6-14/h3-10,19H,11-12H2,1-2H3. The molecule has 0 spiro atoms. The third-order valence-electron chi connectivity index (χ3n) is 3.61. The molecule has 0 saturated heterocycles. The lowest BCUT2D eigenvalue weighted by Gasteiger charge is -2.28. The second-order valence-electron chi connectivity index (χ2n) is 5.39. The van der Waals surface area contributed by atoms with Crippen LogP contribution in [-0.4, -0.2) is 11.7 Å². The van der Waals surface area contributed by atoms with Crippen LogP contribution in [0.2, 0.25) is 5.02 Å². The van der Waals surface area contributed by atoms with Gasteiger partial charge in [-0.05, 0) is 36.6 Å². The van der Waals surface area contributed by atoms with E-state index in [2.05, 4.69) is 38.1 Å². The Morgan fingerprint density at radius 3 is 2.11 bits per heavy atom. The minimum Gasteiger partial charge on any atom is -0.395 e. The molecule has 2 aromatic rings. The highest BCUT2D eigenvalue weighted by atomic mass is 35.5. The van der Waals surface area contributed by atoms with Gasteiger partial charge in [-0.2, -0.15) is 0 Å². The van der Waals surface area contributed by atoms with E-state index in [0.717, 1.165) is 17.0 Å². The largest absolute Gasteiger partial charge is 0.395 e. The van der Waals surface area contributed by atoms with E-state index in [4.69, 9.17) is 11.6 Å². The first-order valence-electron chi connectivity index (χ1n) is 6.46. The van der Waals surface area contributed by atoms with E-state index in [0.29, 0.717) is 0 Å². The fourth-order valence-electron chi connectivity index (χ4n) is 2.26. The molecule has 2 rings (SSSR count). The molecule has 0 aliphatic heterocycles. The van der Waals surface area contributed by atoms with Crippen molar-refractivity contribution in [2.75, 3.05) is 6.61 Å². The van der Waals surface area contributed by atoms with Gasteiger partial charge in [0.2, 0.25) is 0 Å². The third-order valence-corrected chi connectivity index (χ3v) is 3.86. The molecule has 0 aliphatic carbocycles. The van der Waals surface area contributed by atoms with E-state index in [1.807, 2.05) is 24.3 Å². The summed E-state index contributed by atoms with van der Waals surface area (Å²) >= 11 is 5.90. The van der Waals surface area contributed by atoms with Crippen molar-refractivity contribution in [2.24, 2.45) is 0 Å². The monoisotopic (exact) mass is 274 g/mol. The molecule has 100 valence electrons. The van der Waals surface area contributed by atoms with Crippen molar-refractivity contribution >= 4 is 11.6 Å². The maximum absolute atomic E-state index is 9.80. The molecule has 0 amide bonds. The summed E-state index contributed by atoms with van der Waals surface area (Å²) in [5.74, 6) is 0. The van der Waals surface area contributed by atoms with Crippen LogP contribution in [-0.2, 0) is 11.8 Å². The molecule has 19 heavy (non-hydrogen) atoms. The van der Waals surface area contributed by atoms with Gasteiger partial charge >= 0.3 is 0 Å². The minimum absolute atomic E-state index is 0.124. The first-order chi connectivity index (χ1) is 9.03. The third kappa shape index (κ3) is 3.37. The summed E-state index contributed by atoms with van der Waals surface area (Å²) in [6, 6.07) is 16.2. The molecular weight excluding hydrogens is 256 g/mol. The molecular formula is C17H19ClO. The molecule has 1 atom stereocenters. The molecule has 2 heteroatoms. The zero-order chi connectivity index (χ0) is 13.9. The topological polar surface area (TPSA) is 20.2 Å². The van der Waals surface area contributed by atoms with Crippen molar-refractivity contribution in [3.63, 3.8) is 0 Å². The summed E-state index contributed by atoms with van der Waals surface area (Å²) in [7, 11) is 0. The molecule has 0 aliphatic rings. The lowest BCUT2D eigenvalue weighted by atomic mass is 9.78. The van der Waals surface area contributed by atoms with Crippen LogP contribution in [0.1, 0.15) is 23.6 Å². The van der Waals surface area contributed by atoms with Crippen molar-refractivity contribution in [1.29, 1.82) is 0 Å². The van der Waals surface area contributed by atoms with Crippen LogP contribution in [0.3, 0.4) is 0 Å². The summed E-state index contributed by atoms with van der Waals surface area (Å²) in [5, 5.41) is 10.5. The second-order valence-corrected chi connectivity index (χ2v) is 5.82. The highest BCUT2D eigenvalue weighted by Gasteiger charge is 2.26. The normalized spacial score (nSPS) is 14.1. The number of halogens is 1. The van der Waals surface area contributed by atoms with Crippen molar-refractivity contribution < 1.29 is 5.11 Å². The number of benzene rings is 2. The van der Waals surface area contributed by atoms with E-state index in [-0.39, 0.29) is 12.0 Å². The summed E-state index contributed by atoms with van der Waals surface area (Å²) in [4.78, 5) is 0. The van der Waals surface area contributed by atoms with Gasteiger partial charge in [-0.1, -0.05) is 60.5 Å². The van der Waals surface area contributed by atoms with Gasteiger partial charge in [0, 0.05) is 10.4 Å². The fraction of sp³-hybridized carbons (Fsp3) is 0.294. The maximum Gasteiger partial charge on any atom is 0.0528 e. The van der Waals surface area contributed by atoms with Gasteiger partial charge in [-0.15, -0.1) is 0 Å². The average Bonchev–Trinajstić information content (AvgIpc) is 2.42. The Kier molecular flexibility index (Phi) is 4.28. The van der Waals surface area contributed by atoms with Crippen LogP contribution in [0.15, 0.2) is 48.5 Å². The quantitative estimate of drug-likeness (QED) is 0.888. The molecule has 0 bridgehead atoms. The second kappa shape index (κ2) is 5.77. The van der Waals surface area contributed by atoms with Gasteiger partial charge in [-0.25, -0.2) is 0 Å². The molecule has 1 N–H and O–H groups in total. The van der Waals surface area contributed by atoms with E-state index >= 15 is 0 Å². The molecule has 0 saturated carbocycles. The van der Waals surface area contributed by atoms with E-state index in [1.165, 1.54) is 11.1 Å². The number of rotatable bonds is 4. The Morgan fingerprint density at radius 2 is 1.58 bits per heavy atom. The fourth-order valence-corrected chi connectivity index (χ4v) is 2.38. The molecule has 0 aromatic heterocycles. The Bertz CT molecular complexity index is 530. The minimum atomic E-state index is -0.262.